The van der Waals surface area contributed by atoms with Gasteiger partial charge in [0.15, 0.2) is 5.78 Å². The third-order valence-electron chi connectivity index (χ3n) is 2.48. The molecule has 0 aliphatic carbocycles. The van der Waals surface area contributed by atoms with Gasteiger partial charge < -0.3 is 0 Å². The lowest BCUT2D eigenvalue weighted by atomic mass is 10.0. The second-order valence-corrected chi connectivity index (χ2v) is 4.15. The molecular formula is C12H8ClN2O4+. The molecule has 1 N–H and O–H groups in total. The van der Waals surface area contributed by atoms with Crippen LogP contribution in [0.5, 0.6) is 0 Å². The van der Waals surface area contributed by atoms with Gasteiger partial charge in [-0.15, -0.1) is 0 Å². The molecule has 7 heteroatoms. The lowest BCUT2D eigenvalue weighted by Crippen LogP contribution is -2.28. The van der Waals surface area contributed by atoms with Gasteiger partial charge in [-0.3, -0.25) is 20.1 Å². The molecule has 0 spiro atoms. The zero-order chi connectivity index (χ0) is 14.0. The van der Waals surface area contributed by atoms with E-state index in [2.05, 4.69) is 0 Å². The average molecular weight is 280 g/mol. The number of carbonyl (C=O) groups excluding carboxylic acids is 1. The highest BCUT2D eigenvalue weighted by Gasteiger charge is 2.22. The predicted octanol–water partition coefficient (Wildman–Crippen LogP) is 2.00. The van der Waals surface area contributed by atoms with Crippen LogP contribution < -0.4 is 4.73 Å². The Hall–Kier alpha value is -2.47. The number of aromatic nitrogens is 1. The number of hydrogen-bond donors (Lipinski definition) is 1. The third-order valence-corrected chi connectivity index (χ3v) is 2.71. The van der Waals surface area contributed by atoms with E-state index in [0.717, 1.165) is 4.73 Å². The summed E-state index contributed by atoms with van der Waals surface area (Å²) in [4.78, 5) is 22.4. The van der Waals surface area contributed by atoms with Gasteiger partial charge in [-0.1, -0.05) is 11.6 Å². The maximum absolute atomic E-state index is 12.2. The number of nitrogens with zero attached hydrogens (tertiary/aromatic N) is 2. The van der Waals surface area contributed by atoms with Crippen LogP contribution in [-0.4, -0.2) is 15.9 Å². The molecule has 0 bridgehead atoms. The Morgan fingerprint density at radius 2 is 1.89 bits per heavy atom. The lowest BCUT2D eigenvalue weighted by Gasteiger charge is -2.02. The molecule has 1 aromatic carbocycles. The van der Waals surface area contributed by atoms with Crippen molar-refractivity contribution in [2.24, 2.45) is 0 Å². The van der Waals surface area contributed by atoms with Crippen LogP contribution in [0, 0.1) is 10.1 Å². The van der Waals surface area contributed by atoms with E-state index in [-0.39, 0.29) is 21.8 Å². The summed E-state index contributed by atoms with van der Waals surface area (Å²) in [5, 5.41) is 20.2. The average Bonchev–Trinajstić information content (AvgIpc) is 2.38. The van der Waals surface area contributed by atoms with Crippen molar-refractivity contribution in [1.29, 1.82) is 0 Å². The molecule has 0 radical (unpaired) electrons. The largest absolute Gasteiger partial charge is 0.288 e. The van der Waals surface area contributed by atoms with Crippen LogP contribution in [0.25, 0.3) is 0 Å². The Kier molecular flexibility index (Phi) is 3.43. The lowest BCUT2D eigenvalue weighted by molar-refractivity contribution is -0.904. The number of benzene rings is 1. The molecule has 2 rings (SSSR count). The van der Waals surface area contributed by atoms with Crippen molar-refractivity contribution in [2.75, 3.05) is 0 Å². The Labute approximate surface area is 112 Å². The monoisotopic (exact) mass is 279 g/mol. The van der Waals surface area contributed by atoms with Crippen LogP contribution in [0.1, 0.15) is 15.9 Å². The number of rotatable bonds is 3. The Balaban J connectivity index is 2.51. The molecule has 0 atom stereocenters. The number of carbonyl (C=O) groups is 1. The number of halogens is 1. The maximum Gasteiger partial charge on any atom is 0.280 e. The summed E-state index contributed by atoms with van der Waals surface area (Å²) in [6, 6.07) is 6.50. The molecule has 0 fully saturated rings. The van der Waals surface area contributed by atoms with E-state index in [0.29, 0.717) is 0 Å². The van der Waals surface area contributed by atoms with Crippen molar-refractivity contribution in [3.63, 3.8) is 0 Å². The summed E-state index contributed by atoms with van der Waals surface area (Å²) in [5.74, 6) is -0.533. The number of ketones is 1. The van der Waals surface area contributed by atoms with Crippen molar-refractivity contribution < 1.29 is 19.7 Å². The van der Waals surface area contributed by atoms with E-state index in [1.54, 1.807) is 0 Å². The Morgan fingerprint density at radius 3 is 2.47 bits per heavy atom. The van der Waals surface area contributed by atoms with E-state index in [1.807, 2.05) is 0 Å². The zero-order valence-corrected chi connectivity index (χ0v) is 10.2. The maximum atomic E-state index is 12.2. The van der Waals surface area contributed by atoms with Gasteiger partial charge in [0, 0.05) is 33.5 Å². The molecule has 0 aliphatic heterocycles. The van der Waals surface area contributed by atoms with E-state index >= 15 is 0 Å². The zero-order valence-electron chi connectivity index (χ0n) is 9.49. The Morgan fingerprint density at radius 1 is 1.26 bits per heavy atom. The molecule has 1 aromatic heterocycles. The summed E-state index contributed by atoms with van der Waals surface area (Å²) in [6.07, 6.45) is 2.51. The fraction of sp³-hybridized carbons (Fsp3) is 0. The van der Waals surface area contributed by atoms with Gasteiger partial charge in [0.05, 0.1) is 4.92 Å². The molecule has 19 heavy (non-hydrogen) atoms. The molecule has 2 aromatic rings. The standard InChI is InChI=1S/C12H8ClN2O4/c13-9-1-2-11(15(18)19)10(7-9)12(16)8-3-5-14(17)6-4-8/h1-7,17H/q+1. The van der Waals surface area contributed by atoms with Gasteiger partial charge in [0.25, 0.3) is 5.69 Å². The summed E-state index contributed by atoms with van der Waals surface area (Å²) in [7, 11) is 0. The summed E-state index contributed by atoms with van der Waals surface area (Å²) >= 11 is 5.76. The molecule has 0 saturated carbocycles. The van der Waals surface area contributed by atoms with Gasteiger partial charge in [0.1, 0.15) is 5.56 Å². The highest BCUT2D eigenvalue weighted by Crippen LogP contribution is 2.25. The van der Waals surface area contributed by atoms with Crippen molar-refractivity contribution in [3.05, 3.63) is 69.0 Å². The minimum absolute atomic E-state index is 0.0896. The van der Waals surface area contributed by atoms with Crippen molar-refractivity contribution in [3.8, 4) is 0 Å². The molecule has 6 nitrogen and oxygen atoms in total. The predicted molar refractivity (Wildman–Crippen MR) is 65.4 cm³/mol. The van der Waals surface area contributed by atoms with Gasteiger partial charge in [0.2, 0.25) is 12.4 Å². The van der Waals surface area contributed by atoms with Gasteiger partial charge in [-0.2, -0.15) is 0 Å². The first-order valence-corrected chi connectivity index (χ1v) is 5.56. The highest BCUT2D eigenvalue weighted by molar-refractivity contribution is 6.31. The molecule has 0 aliphatic rings. The quantitative estimate of drug-likeness (QED) is 0.306. The smallest absolute Gasteiger partial charge is 0.280 e. The van der Waals surface area contributed by atoms with Crippen molar-refractivity contribution >= 4 is 23.1 Å². The van der Waals surface area contributed by atoms with Crippen LogP contribution in [0.3, 0.4) is 0 Å². The van der Waals surface area contributed by atoms with E-state index in [4.69, 9.17) is 16.8 Å². The molecular weight excluding hydrogens is 272 g/mol. The molecule has 0 saturated heterocycles. The first-order chi connectivity index (χ1) is 8.99. The van der Waals surface area contributed by atoms with Crippen LogP contribution in [0.15, 0.2) is 42.7 Å². The number of hydrogen-bond acceptors (Lipinski definition) is 4. The summed E-state index contributed by atoms with van der Waals surface area (Å²) in [6.45, 7) is 0. The fourth-order valence-electron chi connectivity index (χ4n) is 1.57. The van der Waals surface area contributed by atoms with Gasteiger partial charge >= 0.3 is 0 Å². The fourth-order valence-corrected chi connectivity index (χ4v) is 1.75. The van der Waals surface area contributed by atoms with Gasteiger partial charge in [-0.05, 0) is 12.1 Å². The molecule has 1 heterocycles. The first-order valence-electron chi connectivity index (χ1n) is 5.18. The molecule has 0 unspecified atom stereocenters. The Bertz CT molecular complexity index is 655. The topological polar surface area (TPSA) is 84.3 Å². The third kappa shape index (κ3) is 2.69. The number of nitro groups is 1. The van der Waals surface area contributed by atoms with Crippen molar-refractivity contribution in [2.45, 2.75) is 0 Å². The number of pyridine rings is 1. The minimum Gasteiger partial charge on any atom is -0.288 e. The second-order valence-electron chi connectivity index (χ2n) is 3.71. The summed E-state index contributed by atoms with van der Waals surface area (Å²) < 4.78 is 0.767. The van der Waals surface area contributed by atoms with E-state index < -0.39 is 10.7 Å². The van der Waals surface area contributed by atoms with Crippen molar-refractivity contribution in [1.82, 2.24) is 0 Å². The summed E-state index contributed by atoms with van der Waals surface area (Å²) in [5.41, 5.74) is -0.181. The first kappa shape index (κ1) is 13.0. The van der Waals surface area contributed by atoms with E-state index in [9.17, 15) is 14.9 Å². The molecule has 0 amide bonds. The van der Waals surface area contributed by atoms with Crippen LogP contribution >= 0.6 is 11.6 Å². The molecule has 96 valence electrons. The van der Waals surface area contributed by atoms with Crippen LogP contribution in [0.2, 0.25) is 5.02 Å². The minimum atomic E-state index is -0.640. The number of nitro benzene ring substituents is 1. The highest BCUT2D eigenvalue weighted by atomic mass is 35.5. The second kappa shape index (κ2) is 5.03. The van der Waals surface area contributed by atoms with Crippen LogP contribution in [0.4, 0.5) is 5.69 Å². The normalized spacial score (nSPS) is 10.2. The van der Waals surface area contributed by atoms with Gasteiger partial charge in [-0.25, -0.2) is 0 Å². The van der Waals surface area contributed by atoms with Crippen LogP contribution in [-0.2, 0) is 0 Å². The van der Waals surface area contributed by atoms with E-state index in [1.165, 1.54) is 42.7 Å². The SMILES string of the molecule is O=C(c1cc[n+](O)cc1)c1cc(Cl)ccc1[N+](=O)[O-].